The highest BCUT2D eigenvalue weighted by Crippen LogP contribution is 2.29. The maximum Gasteiger partial charge on any atom is 0.335 e. The Labute approximate surface area is 81.3 Å². The number of ether oxygens (including phenoxy) is 1. The summed E-state index contributed by atoms with van der Waals surface area (Å²) in [7, 11) is 0. The normalized spacial score (nSPS) is 18.8. The maximum atomic E-state index is 10.7. The van der Waals surface area contributed by atoms with E-state index in [0.717, 1.165) is 11.3 Å². The molecule has 0 saturated carbocycles. The third-order valence-electron chi connectivity index (χ3n) is 2.31. The zero-order valence-corrected chi connectivity index (χ0v) is 7.56. The number of fused-ring (bicyclic) bond motifs is 1. The zero-order chi connectivity index (χ0) is 10.1. The molecule has 0 saturated heterocycles. The van der Waals surface area contributed by atoms with Gasteiger partial charge in [0.25, 0.3) is 0 Å². The van der Waals surface area contributed by atoms with Crippen molar-refractivity contribution in [2.24, 2.45) is 5.73 Å². The first-order valence-electron chi connectivity index (χ1n) is 4.43. The molecule has 0 spiro atoms. The van der Waals surface area contributed by atoms with Crippen LogP contribution < -0.4 is 10.5 Å². The van der Waals surface area contributed by atoms with Crippen LogP contribution in [0.4, 0.5) is 0 Å². The SMILES string of the molecule is NCC1Cc2cc(C(=O)O)ccc2O1. The highest BCUT2D eigenvalue weighted by molar-refractivity contribution is 5.88. The lowest BCUT2D eigenvalue weighted by Crippen LogP contribution is -2.24. The zero-order valence-electron chi connectivity index (χ0n) is 7.56. The van der Waals surface area contributed by atoms with Gasteiger partial charge in [-0.15, -0.1) is 0 Å². The van der Waals surface area contributed by atoms with E-state index < -0.39 is 5.97 Å². The van der Waals surface area contributed by atoms with Crippen LogP contribution in [0, 0.1) is 0 Å². The van der Waals surface area contributed by atoms with E-state index in [4.69, 9.17) is 15.6 Å². The Hall–Kier alpha value is -1.55. The first-order chi connectivity index (χ1) is 6.70. The summed E-state index contributed by atoms with van der Waals surface area (Å²) in [4.78, 5) is 10.7. The van der Waals surface area contributed by atoms with Gasteiger partial charge >= 0.3 is 5.97 Å². The minimum atomic E-state index is -0.913. The highest BCUT2D eigenvalue weighted by Gasteiger charge is 2.22. The number of aromatic carboxylic acids is 1. The Bertz CT molecular complexity index is 376. The second-order valence-corrected chi connectivity index (χ2v) is 3.31. The molecule has 0 bridgehead atoms. The molecule has 4 heteroatoms. The molecule has 1 unspecified atom stereocenters. The van der Waals surface area contributed by atoms with Crippen LogP contribution in [0.25, 0.3) is 0 Å². The summed E-state index contributed by atoms with van der Waals surface area (Å²) in [6.45, 7) is 0.455. The first kappa shape index (κ1) is 9.02. The van der Waals surface area contributed by atoms with E-state index in [1.54, 1.807) is 18.2 Å². The lowest BCUT2D eigenvalue weighted by molar-refractivity contribution is 0.0697. The van der Waals surface area contributed by atoms with Gasteiger partial charge in [-0.3, -0.25) is 0 Å². The molecule has 4 nitrogen and oxygen atoms in total. The Morgan fingerprint density at radius 1 is 1.64 bits per heavy atom. The molecule has 0 aromatic heterocycles. The van der Waals surface area contributed by atoms with Crippen LogP contribution in [0.2, 0.25) is 0 Å². The topological polar surface area (TPSA) is 72.6 Å². The van der Waals surface area contributed by atoms with Gasteiger partial charge in [0, 0.05) is 13.0 Å². The fraction of sp³-hybridized carbons (Fsp3) is 0.300. The molecule has 14 heavy (non-hydrogen) atoms. The number of nitrogens with two attached hydrogens (primary N) is 1. The number of carboxylic acids is 1. The van der Waals surface area contributed by atoms with Gasteiger partial charge < -0.3 is 15.6 Å². The summed E-state index contributed by atoms with van der Waals surface area (Å²) < 4.78 is 5.47. The summed E-state index contributed by atoms with van der Waals surface area (Å²) >= 11 is 0. The van der Waals surface area contributed by atoms with Gasteiger partial charge in [-0.1, -0.05) is 0 Å². The Kier molecular flexibility index (Phi) is 2.13. The average Bonchev–Trinajstić information content (AvgIpc) is 2.58. The molecule has 0 radical (unpaired) electrons. The van der Waals surface area contributed by atoms with Crippen LogP contribution in [0.3, 0.4) is 0 Å². The van der Waals surface area contributed by atoms with Gasteiger partial charge in [-0.05, 0) is 23.8 Å². The van der Waals surface area contributed by atoms with Crippen molar-refractivity contribution in [2.75, 3.05) is 6.54 Å². The summed E-state index contributed by atoms with van der Waals surface area (Å²) in [5, 5.41) is 8.77. The van der Waals surface area contributed by atoms with Crippen molar-refractivity contribution >= 4 is 5.97 Å². The molecule has 1 aliphatic rings. The van der Waals surface area contributed by atoms with E-state index in [1.165, 1.54) is 0 Å². The van der Waals surface area contributed by atoms with E-state index in [-0.39, 0.29) is 6.10 Å². The molecule has 74 valence electrons. The predicted octanol–water partition coefficient (Wildman–Crippen LogP) is 0.647. The highest BCUT2D eigenvalue weighted by atomic mass is 16.5. The number of benzene rings is 1. The minimum absolute atomic E-state index is 0.00551. The largest absolute Gasteiger partial charge is 0.488 e. The number of rotatable bonds is 2. The Morgan fingerprint density at radius 3 is 3.07 bits per heavy atom. The van der Waals surface area contributed by atoms with E-state index in [2.05, 4.69) is 0 Å². The van der Waals surface area contributed by atoms with Crippen LogP contribution in [0.15, 0.2) is 18.2 Å². The number of hydrogen-bond acceptors (Lipinski definition) is 3. The monoisotopic (exact) mass is 193 g/mol. The fourth-order valence-corrected chi connectivity index (χ4v) is 1.58. The second-order valence-electron chi connectivity index (χ2n) is 3.31. The van der Waals surface area contributed by atoms with Crippen molar-refractivity contribution < 1.29 is 14.6 Å². The predicted molar refractivity (Wildman–Crippen MR) is 50.6 cm³/mol. The van der Waals surface area contributed by atoms with E-state index in [1.807, 2.05) is 0 Å². The van der Waals surface area contributed by atoms with E-state index >= 15 is 0 Å². The van der Waals surface area contributed by atoms with Crippen molar-refractivity contribution in [3.63, 3.8) is 0 Å². The molecule has 1 aromatic carbocycles. The molecule has 1 aliphatic heterocycles. The third-order valence-corrected chi connectivity index (χ3v) is 2.31. The lowest BCUT2D eigenvalue weighted by Gasteiger charge is -2.05. The number of carbonyl (C=O) groups is 1. The summed E-state index contributed by atoms with van der Waals surface area (Å²) in [6.07, 6.45) is 0.696. The van der Waals surface area contributed by atoms with Crippen LogP contribution in [0.5, 0.6) is 5.75 Å². The minimum Gasteiger partial charge on any atom is -0.488 e. The van der Waals surface area contributed by atoms with E-state index in [9.17, 15) is 4.79 Å². The second kappa shape index (κ2) is 3.31. The van der Waals surface area contributed by atoms with Crippen LogP contribution in [-0.4, -0.2) is 23.7 Å². The van der Waals surface area contributed by atoms with Crippen LogP contribution in [0.1, 0.15) is 15.9 Å². The van der Waals surface area contributed by atoms with Gasteiger partial charge in [-0.2, -0.15) is 0 Å². The quantitative estimate of drug-likeness (QED) is 0.723. The fourth-order valence-electron chi connectivity index (χ4n) is 1.58. The standard InChI is InChI=1S/C10H11NO3/c11-5-8-4-7-3-6(10(12)13)1-2-9(7)14-8/h1-3,8H,4-5,11H2,(H,12,13). The summed E-state index contributed by atoms with van der Waals surface area (Å²) in [5.41, 5.74) is 6.70. The molecule has 2 rings (SSSR count). The number of carboxylic acid groups (broad SMARTS) is 1. The molecule has 1 aromatic rings. The molecular formula is C10H11NO3. The number of hydrogen-bond donors (Lipinski definition) is 2. The van der Waals surface area contributed by atoms with Crippen molar-refractivity contribution in [1.82, 2.24) is 0 Å². The molecule has 1 heterocycles. The van der Waals surface area contributed by atoms with Crippen molar-refractivity contribution in [2.45, 2.75) is 12.5 Å². The van der Waals surface area contributed by atoms with Crippen molar-refractivity contribution in [1.29, 1.82) is 0 Å². The molecule has 3 N–H and O–H groups in total. The molecular weight excluding hydrogens is 182 g/mol. The van der Waals surface area contributed by atoms with Gasteiger partial charge in [0.2, 0.25) is 0 Å². The molecule has 1 atom stereocenters. The van der Waals surface area contributed by atoms with Gasteiger partial charge in [0.1, 0.15) is 11.9 Å². The van der Waals surface area contributed by atoms with Gasteiger partial charge in [0.15, 0.2) is 0 Å². The summed E-state index contributed by atoms with van der Waals surface area (Å²) in [5.74, 6) is -0.158. The average molecular weight is 193 g/mol. The summed E-state index contributed by atoms with van der Waals surface area (Å²) in [6, 6.07) is 4.88. The molecule has 0 amide bonds. The Morgan fingerprint density at radius 2 is 2.43 bits per heavy atom. The van der Waals surface area contributed by atoms with Gasteiger partial charge in [-0.25, -0.2) is 4.79 Å². The van der Waals surface area contributed by atoms with Gasteiger partial charge in [0.05, 0.1) is 5.56 Å². The Balaban J connectivity index is 2.31. The van der Waals surface area contributed by atoms with Crippen molar-refractivity contribution in [3.8, 4) is 5.75 Å². The van der Waals surface area contributed by atoms with Crippen molar-refractivity contribution in [3.05, 3.63) is 29.3 Å². The molecule has 0 fully saturated rings. The van der Waals surface area contributed by atoms with Crippen LogP contribution >= 0.6 is 0 Å². The lowest BCUT2D eigenvalue weighted by atomic mass is 10.1. The van der Waals surface area contributed by atoms with Crippen LogP contribution in [-0.2, 0) is 6.42 Å². The van der Waals surface area contributed by atoms with E-state index in [0.29, 0.717) is 18.5 Å². The maximum absolute atomic E-state index is 10.7. The third kappa shape index (κ3) is 1.44. The smallest absolute Gasteiger partial charge is 0.335 e. The first-order valence-corrected chi connectivity index (χ1v) is 4.43. The molecule has 0 aliphatic carbocycles.